The van der Waals surface area contributed by atoms with Crippen molar-refractivity contribution in [3.05, 3.63) is 41.6 Å². The zero-order chi connectivity index (χ0) is 19.5. The van der Waals surface area contributed by atoms with Gasteiger partial charge in [-0.05, 0) is 38.3 Å². The largest absolute Gasteiger partial charge is 0.356 e. The van der Waals surface area contributed by atoms with E-state index >= 15 is 0 Å². The Bertz CT molecular complexity index is 841. The number of benzene rings is 1. The summed E-state index contributed by atoms with van der Waals surface area (Å²) in [6.45, 7) is 8.97. The van der Waals surface area contributed by atoms with Crippen LogP contribution in [-0.2, 0) is 0 Å². The van der Waals surface area contributed by atoms with Gasteiger partial charge < -0.3 is 20.0 Å². The summed E-state index contributed by atoms with van der Waals surface area (Å²) in [6.07, 6.45) is 2.46. The van der Waals surface area contributed by atoms with Gasteiger partial charge in [-0.1, -0.05) is 18.2 Å². The first-order chi connectivity index (χ1) is 13.6. The fraction of sp³-hybridized carbons (Fsp3) is 0.476. The lowest BCUT2D eigenvalue weighted by Gasteiger charge is -2.35. The number of rotatable bonds is 3. The minimum atomic E-state index is -0.0446. The Morgan fingerprint density at radius 1 is 0.929 bits per heavy atom. The molecule has 1 N–H and O–H groups in total. The summed E-state index contributed by atoms with van der Waals surface area (Å²) in [5, 5.41) is 3.02. The van der Waals surface area contributed by atoms with E-state index in [1.165, 1.54) is 12.8 Å². The van der Waals surface area contributed by atoms with Crippen LogP contribution in [0.25, 0.3) is 0 Å². The number of urea groups is 1. The molecule has 0 spiro atoms. The van der Waals surface area contributed by atoms with Gasteiger partial charge in [0.15, 0.2) is 0 Å². The summed E-state index contributed by atoms with van der Waals surface area (Å²) >= 11 is 0. The van der Waals surface area contributed by atoms with Gasteiger partial charge in [0.05, 0.1) is 0 Å². The average molecular weight is 380 g/mol. The van der Waals surface area contributed by atoms with Gasteiger partial charge in [-0.3, -0.25) is 0 Å². The number of piperazine rings is 1. The third-order valence-electron chi connectivity index (χ3n) is 5.50. The fourth-order valence-electron chi connectivity index (χ4n) is 3.80. The number of para-hydroxylation sites is 1. The lowest BCUT2D eigenvalue weighted by molar-refractivity contribution is 0.208. The Kier molecular flexibility index (Phi) is 5.32. The summed E-state index contributed by atoms with van der Waals surface area (Å²) in [5.41, 5.74) is 2.93. The molecular formula is C21H28N6O. The Hall–Kier alpha value is -2.83. The zero-order valence-electron chi connectivity index (χ0n) is 16.7. The maximum atomic E-state index is 12.6. The lowest BCUT2D eigenvalue weighted by Crippen LogP contribution is -2.50. The Morgan fingerprint density at radius 3 is 2.36 bits per heavy atom. The molecule has 28 heavy (non-hydrogen) atoms. The van der Waals surface area contributed by atoms with Crippen LogP contribution in [0.15, 0.2) is 30.3 Å². The third kappa shape index (κ3) is 4.03. The van der Waals surface area contributed by atoms with E-state index in [4.69, 9.17) is 4.98 Å². The highest BCUT2D eigenvalue weighted by molar-refractivity contribution is 5.90. The van der Waals surface area contributed by atoms with E-state index in [1.807, 2.05) is 43.0 Å². The number of hydrogen-bond acceptors (Lipinski definition) is 5. The van der Waals surface area contributed by atoms with E-state index in [0.29, 0.717) is 13.1 Å². The van der Waals surface area contributed by atoms with Crippen LogP contribution in [-0.4, -0.2) is 60.2 Å². The van der Waals surface area contributed by atoms with Gasteiger partial charge in [0.2, 0.25) is 5.95 Å². The van der Waals surface area contributed by atoms with Crippen LogP contribution in [0.1, 0.15) is 24.1 Å². The standard InChI is InChI=1S/C21H28N6O/c1-16-7-3-4-8-18(16)23-21(28)27-13-11-26(12-14-27)20-22-17(2)15-19(24-20)25-9-5-6-10-25/h3-4,7-8,15H,5-6,9-14H2,1-2H3,(H,23,28). The van der Waals surface area contributed by atoms with E-state index in [1.54, 1.807) is 0 Å². The summed E-state index contributed by atoms with van der Waals surface area (Å²) in [4.78, 5) is 28.4. The van der Waals surface area contributed by atoms with Gasteiger partial charge in [0.1, 0.15) is 5.82 Å². The first kappa shape index (κ1) is 18.5. The number of amides is 2. The molecule has 3 heterocycles. The number of carbonyl (C=O) groups excluding carboxylic acids is 1. The maximum Gasteiger partial charge on any atom is 0.321 e. The highest BCUT2D eigenvalue weighted by atomic mass is 16.2. The van der Waals surface area contributed by atoms with Crippen molar-refractivity contribution in [2.45, 2.75) is 26.7 Å². The molecule has 2 saturated heterocycles. The van der Waals surface area contributed by atoms with Gasteiger partial charge in [-0.25, -0.2) is 9.78 Å². The number of carbonyl (C=O) groups is 1. The average Bonchev–Trinajstić information content (AvgIpc) is 3.24. The van der Waals surface area contributed by atoms with Crippen molar-refractivity contribution in [3.63, 3.8) is 0 Å². The Labute approximate surface area is 166 Å². The molecule has 1 aromatic heterocycles. The SMILES string of the molecule is Cc1cc(N2CCCC2)nc(N2CCN(C(=O)Nc3ccccc3C)CC2)n1. The molecular weight excluding hydrogens is 352 g/mol. The molecule has 7 nitrogen and oxygen atoms in total. The summed E-state index contributed by atoms with van der Waals surface area (Å²) in [6, 6.07) is 9.87. The van der Waals surface area contributed by atoms with Crippen molar-refractivity contribution >= 4 is 23.5 Å². The molecule has 7 heteroatoms. The minimum absolute atomic E-state index is 0.0446. The van der Waals surface area contributed by atoms with Gasteiger partial charge in [0.25, 0.3) is 0 Å². The second-order valence-corrected chi connectivity index (χ2v) is 7.58. The quantitative estimate of drug-likeness (QED) is 0.887. The summed E-state index contributed by atoms with van der Waals surface area (Å²) in [5.74, 6) is 1.81. The van der Waals surface area contributed by atoms with Gasteiger partial charge in [-0.15, -0.1) is 0 Å². The molecule has 0 saturated carbocycles. The first-order valence-corrected chi connectivity index (χ1v) is 10.1. The number of nitrogens with one attached hydrogen (secondary N) is 1. The summed E-state index contributed by atoms with van der Waals surface area (Å²) in [7, 11) is 0. The molecule has 0 bridgehead atoms. The van der Waals surface area contributed by atoms with E-state index in [2.05, 4.69) is 26.2 Å². The number of nitrogens with zero attached hydrogens (tertiary/aromatic N) is 5. The minimum Gasteiger partial charge on any atom is -0.356 e. The molecule has 2 aromatic rings. The highest BCUT2D eigenvalue weighted by Crippen LogP contribution is 2.22. The van der Waals surface area contributed by atoms with Crippen molar-refractivity contribution in [1.29, 1.82) is 0 Å². The van der Waals surface area contributed by atoms with Crippen molar-refractivity contribution in [3.8, 4) is 0 Å². The Morgan fingerprint density at radius 2 is 1.64 bits per heavy atom. The Balaban J connectivity index is 1.39. The van der Waals surface area contributed by atoms with E-state index in [-0.39, 0.29) is 6.03 Å². The number of aryl methyl sites for hydroxylation is 2. The van der Waals surface area contributed by atoms with Crippen LogP contribution >= 0.6 is 0 Å². The molecule has 2 fully saturated rings. The summed E-state index contributed by atoms with van der Waals surface area (Å²) < 4.78 is 0. The molecule has 0 radical (unpaired) electrons. The second kappa shape index (κ2) is 8.04. The predicted molar refractivity (Wildman–Crippen MR) is 112 cm³/mol. The van der Waals surface area contributed by atoms with Gasteiger partial charge >= 0.3 is 6.03 Å². The molecule has 0 aliphatic carbocycles. The molecule has 1 aromatic carbocycles. The molecule has 2 amide bonds. The van der Waals surface area contributed by atoms with E-state index < -0.39 is 0 Å². The molecule has 148 valence electrons. The van der Waals surface area contributed by atoms with Crippen molar-refractivity contribution in [1.82, 2.24) is 14.9 Å². The monoisotopic (exact) mass is 380 g/mol. The third-order valence-corrected chi connectivity index (χ3v) is 5.50. The van der Waals surface area contributed by atoms with Gasteiger partial charge in [0, 0.05) is 56.7 Å². The lowest BCUT2D eigenvalue weighted by atomic mass is 10.2. The first-order valence-electron chi connectivity index (χ1n) is 10.1. The number of anilines is 3. The normalized spacial score (nSPS) is 17.1. The molecule has 4 rings (SSSR count). The molecule has 2 aliphatic heterocycles. The second-order valence-electron chi connectivity index (χ2n) is 7.58. The predicted octanol–water partition coefficient (Wildman–Crippen LogP) is 3.05. The van der Waals surface area contributed by atoms with Crippen molar-refractivity contribution in [2.24, 2.45) is 0 Å². The maximum absolute atomic E-state index is 12.6. The highest BCUT2D eigenvalue weighted by Gasteiger charge is 2.24. The van der Waals surface area contributed by atoms with Gasteiger partial charge in [-0.2, -0.15) is 4.98 Å². The van der Waals surface area contributed by atoms with E-state index in [9.17, 15) is 4.79 Å². The molecule has 0 unspecified atom stereocenters. The van der Waals surface area contributed by atoms with Crippen LogP contribution in [0.3, 0.4) is 0 Å². The van der Waals surface area contributed by atoms with Crippen LogP contribution in [0.5, 0.6) is 0 Å². The topological polar surface area (TPSA) is 64.6 Å². The number of aromatic nitrogens is 2. The zero-order valence-corrected chi connectivity index (χ0v) is 16.7. The number of hydrogen-bond donors (Lipinski definition) is 1. The van der Waals surface area contributed by atoms with Crippen LogP contribution in [0, 0.1) is 13.8 Å². The fourth-order valence-corrected chi connectivity index (χ4v) is 3.80. The van der Waals surface area contributed by atoms with Crippen LogP contribution in [0.4, 0.5) is 22.2 Å². The van der Waals surface area contributed by atoms with Crippen LogP contribution < -0.4 is 15.1 Å². The van der Waals surface area contributed by atoms with Crippen LogP contribution in [0.2, 0.25) is 0 Å². The van der Waals surface area contributed by atoms with Crippen molar-refractivity contribution in [2.75, 3.05) is 54.4 Å². The molecule has 0 atom stereocenters. The molecule has 2 aliphatic rings. The van der Waals surface area contributed by atoms with Crippen molar-refractivity contribution < 1.29 is 4.79 Å². The van der Waals surface area contributed by atoms with E-state index in [0.717, 1.165) is 54.9 Å². The smallest absolute Gasteiger partial charge is 0.321 e.